The molecular formula is C19H19NO4. The Balaban J connectivity index is 2.00. The number of hydrogen-bond donors (Lipinski definition) is 2. The molecule has 0 bridgehead atoms. The Morgan fingerprint density at radius 1 is 1.00 bits per heavy atom. The van der Waals surface area contributed by atoms with Crippen LogP contribution in [0.5, 0.6) is 11.5 Å². The van der Waals surface area contributed by atoms with Crippen molar-refractivity contribution in [3.05, 3.63) is 71.6 Å². The van der Waals surface area contributed by atoms with Gasteiger partial charge in [0, 0.05) is 6.20 Å². The second kappa shape index (κ2) is 8.43. The predicted molar refractivity (Wildman–Crippen MR) is 93.3 cm³/mol. The number of aromatic hydroxyl groups is 1. The molecular weight excluding hydrogens is 306 g/mol. The molecule has 0 unspecified atom stereocenters. The van der Waals surface area contributed by atoms with Gasteiger partial charge in [0.25, 0.3) is 5.91 Å². The molecule has 0 saturated carbocycles. The van der Waals surface area contributed by atoms with Gasteiger partial charge in [-0.25, -0.2) is 0 Å². The van der Waals surface area contributed by atoms with E-state index in [9.17, 15) is 9.90 Å². The van der Waals surface area contributed by atoms with Crippen LogP contribution in [0.15, 0.2) is 60.5 Å². The standard InChI is InChI=1S/C19H19NO4/c1-23-17-9-5-14(6-10-17)11-12-20-19(22)18(24-2)13-15-3-7-16(21)8-4-15/h3-13,21H,1-2H3,(H,20,22)/b12-11+,18-13-. The fraction of sp³-hybridized carbons (Fsp3) is 0.105. The van der Waals surface area contributed by atoms with Crippen LogP contribution in [-0.2, 0) is 9.53 Å². The highest BCUT2D eigenvalue weighted by Crippen LogP contribution is 2.14. The van der Waals surface area contributed by atoms with Gasteiger partial charge in [-0.3, -0.25) is 4.79 Å². The van der Waals surface area contributed by atoms with Crippen molar-refractivity contribution in [1.29, 1.82) is 0 Å². The lowest BCUT2D eigenvalue weighted by atomic mass is 10.2. The highest BCUT2D eigenvalue weighted by molar-refractivity contribution is 5.96. The zero-order chi connectivity index (χ0) is 17.4. The van der Waals surface area contributed by atoms with Crippen LogP contribution in [-0.4, -0.2) is 25.2 Å². The van der Waals surface area contributed by atoms with Crippen LogP contribution >= 0.6 is 0 Å². The van der Waals surface area contributed by atoms with Crippen molar-refractivity contribution in [3.8, 4) is 11.5 Å². The first-order valence-corrected chi connectivity index (χ1v) is 7.28. The number of phenols is 1. The molecule has 0 fully saturated rings. The Labute approximate surface area is 140 Å². The van der Waals surface area contributed by atoms with Crippen molar-refractivity contribution in [3.63, 3.8) is 0 Å². The van der Waals surface area contributed by atoms with E-state index in [0.29, 0.717) is 0 Å². The minimum absolute atomic E-state index is 0.165. The quantitative estimate of drug-likeness (QED) is 0.632. The molecule has 2 N–H and O–H groups in total. The zero-order valence-corrected chi connectivity index (χ0v) is 13.5. The van der Waals surface area contributed by atoms with Crippen LogP contribution < -0.4 is 10.1 Å². The zero-order valence-electron chi connectivity index (χ0n) is 13.5. The maximum Gasteiger partial charge on any atom is 0.290 e. The van der Waals surface area contributed by atoms with Gasteiger partial charge >= 0.3 is 0 Å². The molecule has 5 heteroatoms. The number of ether oxygens (including phenoxy) is 2. The number of rotatable bonds is 6. The fourth-order valence-electron chi connectivity index (χ4n) is 1.94. The third kappa shape index (κ3) is 4.91. The highest BCUT2D eigenvalue weighted by atomic mass is 16.5. The smallest absolute Gasteiger partial charge is 0.290 e. The number of benzene rings is 2. The van der Waals surface area contributed by atoms with Crippen LogP contribution in [0.1, 0.15) is 11.1 Å². The fourth-order valence-corrected chi connectivity index (χ4v) is 1.94. The molecule has 5 nitrogen and oxygen atoms in total. The molecule has 2 aromatic rings. The van der Waals surface area contributed by atoms with E-state index in [2.05, 4.69) is 5.32 Å². The van der Waals surface area contributed by atoms with Crippen LogP contribution in [0.3, 0.4) is 0 Å². The molecule has 24 heavy (non-hydrogen) atoms. The number of hydrogen-bond acceptors (Lipinski definition) is 4. The summed E-state index contributed by atoms with van der Waals surface area (Å²) in [5, 5.41) is 11.9. The summed E-state index contributed by atoms with van der Waals surface area (Å²) in [6.07, 6.45) is 4.91. The predicted octanol–water partition coefficient (Wildman–Crippen LogP) is 3.18. The number of phenolic OH excluding ortho intramolecular Hbond substituents is 1. The van der Waals surface area contributed by atoms with E-state index >= 15 is 0 Å². The normalized spacial score (nSPS) is 11.3. The van der Waals surface area contributed by atoms with E-state index in [1.807, 2.05) is 24.3 Å². The van der Waals surface area contributed by atoms with Crippen LogP contribution in [0.4, 0.5) is 0 Å². The van der Waals surface area contributed by atoms with Crippen LogP contribution in [0, 0.1) is 0 Å². The lowest BCUT2D eigenvalue weighted by Gasteiger charge is -2.05. The molecule has 0 radical (unpaired) electrons. The van der Waals surface area contributed by atoms with Gasteiger partial charge in [-0.2, -0.15) is 0 Å². The second-order valence-electron chi connectivity index (χ2n) is 4.88. The first-order chi connectivity index (χ1) is 11.6. The number of carbonyl (C=O) groups excluding carboxylic acids is 1. The summed E-state index contributed by atoms with van der Waals surface area (Å²) >= 11 is 0. The molecule has 0 saturated heterocycles. The maximum absolute atomic E-state index is 12.1. The van der Waals surface area contributed by atoms with E-state index in [-0.39, 0.29) is 17.4 Å². The van der Waals surface area contributed by atoms with Gasteiger partial charge < -0.3 is 19.9 Å². The molecule has 0 spiro atoms. The van der Waals surface area contributed by atoms with Gasteiger partial charge in [-0.15, -0.1) is 0 Å². The third-order valence-corrected chi connectivity index (χ3v) is 3.24. The SMILES string of the molecule is CO/C(=C\c1ccc(O)cc1)C(=O)N/C=C/c1ccc(OC)cc1. The summed E-state index contributed by atoms with van der Waals surface area (Å²) in [6, 6.07) is 13.9. The molecule has 2 aromatic carbocycles. The highest BCUT2D eigenvalue weighted by Gasteiger charge is 2.07. The van der Waals surface area contributed by atoms with Crippen molar-refractivity contribution in [2.75, 3.05) is 14.2 Å². The van der Waals surface area contributed by atoms with Gasteiger partial charge in [0.05, 0.1) is 14.2 Å². The minimum atomic E-state index is -0.365. The Kier molecular flexibility index (Phi) is 6.02. The number of amides is 1. The molecule has 0 aliphatic rings. The third-order valence-electron chi connectivity index (χ3n) is 3.24. The molecule has 0 heterocycles. The van der Waals surface area contributed by atoms with E-state index in [1.165, 1.54) is 7.11 Å². The molecule has 1 amide bonds. The molecule has 0 aromatic heterocycles. The van der Waals surface area contributed by atoms with Crippen LogP contribution in [0.25, 0.3) is 12.2 Å². The van der Waals surface area contributed by atoms with E-state index < -0.39 is 0 Å². The van der Waals surface area contributed by atoms with Gasteiger partial charge in [-0.1, -0.05) is 24.3 Å². The summed E-state index contributed by atoms with van der Waals surface area (Å²) < 4.78 is 10.2. The lowest BCUT2D eigenvalue weighted by Crippen LogP contribution is -2.20. The van der Waals surface area contributed by atoms with Gasteiger partial charge in [0.2, 0.25) is 0 Å². The Bertz CT molecular complexity index is 731. The molecule has 0 aliphatic carbocycles. The van der Waals surface area contributed by atoms with Crippen molar-refractivity contribution >= 4 is 18.1 Å². The summed E-state index contributed by atoms with van der Waals surface area (Å²) in [5.41, 5.74) is 1.68. The first-order valence-electron chi connectivity index (χ1n) is 7.28. The largest absolute Gasteiger partial charge is 0.508 e. The lowest BCUT2D eigenvalue weighted by molar-refractivity contribution is -0.119. The van der Waals surface area contributed by atoms with Gasteiger partial charge in [0.1, 0.15) is 11.5 Å². The van der Waals surface area contributed by atoms with E-state index in [0.717, 1.165) is 16.9 Å². The number of nitrogens with one attached hydrogen (secondary N) is 1. The Hall–Kier alpha value is -3.21. The first kappa shape index (κ1) is 17.1. The number of carbonyl (C=O) groups is 1. The number of methoxy groups -OCH3 is 2. The average Bonchev–Trinajstić information content (AvgIpc) is 2.61. The topological polar surface area (TPSA) is 67.8 Å². The minimum Gasteiger partial charge on any atom is -0.508 e. The summed E-state index contributed by atoms with van der Waals surface area (Å²) in [7, 11) is 3.04. The monoisotopic (exact) mass is 325 g/mol. The maximum atomic E-state index is 12.1. The van der Waals surface area contributed by atoms with Crippen LogP contribution in [0.2, 0.25) is 0 Å². The Morgan fingerprint density at radius 3 is 2.21 bits per heavy atom. The van der Waals surface area contributed by atoms with E-state index in [1.54, 1.807) is 49.7 Å². The van der Waals surface area contributed by atoms with Crippen molar-refractivity contribution in [2.24, 2.45) is 0 Å². The second-order valence-corrected chi connectivity index (χ2v) is 4.88. The molecule has 0 atom stereocenters. The molecule has 0 aliphatic heterocycles. The summed E-state index contributed by atoms with van der Waals surface area (Å²) in [4.78, 5) is 12.1. The van der Waals surface area contributed by atoms with Gasteiger partial charge in [0.15, 0.2) is 5.76 Å². The van der Waals surface area contributed by atoms with Crippen molar-refractivity contribution < 1.29 is 19.4 Å². The average molecular weight is 325 g/mol. The summed E-state index contributed by atoms with van der Waals surface area (Å²) in [6.45, 7) is 0. The Morgan fingerprint density at radius 2 is 1.62 bits per heavy atom. The van der Waals surface area contributed by atoms with Crippen molar-refractivity contribution in [1.82, 2.24) is 5.32 Å². The molecule has 2 rings (SSSR count). The molecule has 124 valence electrons. The van der Waals surface area contributed by atoms with Gasteiger partial charge in [-0.05, 0) is 47.5 Å². The van der Waals surface area contributed by atoms with E-state index in [4.69, 9.17) is 9.47 Å². The summed E-state index contributed by atoms with van der Waals surface area (Å²) in [5.74, 6) is 0.739. The van der Waals surface area contributed by atoms with Crippen molar-refractivity contribution in [2.45, 2.75) is 0 Å².